The molecule has 0 saturated heterocycles. The first kappa shape index (κ1) is 27.8. The lowest BCUT2D eigenvalue weighted by atomic mass is 9.86. The van der Waals surface area contributed by atoms with Crippen LogP contribution in [0.5, 0.6) is 5.75 Å². The first-order valence-corrected chi connectivity index (χ1v) is 12.3. The molecule has 0 saturated carbocycles. The molecule has 1 amide bonds. The number of rotatable bonds is 17. The largest absolute Gasteiger partial charge is 0.494 e. The molecule has 0 aliphatic carbocycles. The van der Waals surface area contributed by atoms with Crippen LogP contribution in [-0.4, -0.2) is 37.9 Å². The van der Waals surface area contributed by atoms with Crippen LogP contribution in [0.15, 0.2) is 24.3 Å². The van der Waals surface area contributed by atoms with Crippen molar-refractivity contribution in [3.8, 4) is 5.75 Å². The molecule has 1 rings (SSSR count). The van der Waals surface area contributed by atoms with E-state index in [-0.39, 0.29) is 6.61 Å². The number of esters is 1. The van der Waals surface area contributed by atoms with E-state index < -0.39 is 17.6 Å². The third-order valence-electron chi connectivity index (χ3n) is 5.68. The molecule has 1 aromatic carbocycles. The fourth-order valence-corrected chi connectivity index (χ4v) is 3.70. The van der Waals surface area contributed by atoms with Crippen molar-refractivity contribution in [3.63, 3.8) is 0 Å². The van der Waals surface area contributed by atoms with Gasteiger partial charge in [-0.3, -0.25) is 0 Å². The molecule has 182 valence electrons. The van der Waals surface area contributed by atoms with Gasteiger partial charge in [-0.05, 0) is 50.3 Å². The minimum absolute atomic E-state index is 0.266. The fraction of sp³-hybridized carbons (Fsp3) is 0.692. The summed E-state index contributed by atoms with van der Waals surface area (Å²) < 4.78 is 16.0. The summed E-state index contributed by atoms with van der Waals surface area (Å²) in [7, 11) is 1.31. The summed E-state index contributed by atoms with van der Waals surface area (Å²) in [6.45, 7) is 7.09. The van der Waals surface area contributed by atoms with Crippen molar-refractivity contribution in [2.24, 2.45) is 0 Å². The summed E-state index contributed by atoms with van der Waals surface area (Å²) in [6, 6.07) is 7.98. The number of hydrogen-bond acceptors (Lipinski definition) is 5. The number of hydrogen-bond donors (Lipinski definition) is 1. The van der Waals surface area contributed by atoms with E-state index in [2.05, 4.69) is 19.2 Å². The Balaban J connectivity index is 2.75. The van der Waals surface area contributed by atoms with E-state index in [4.69, 9.17) is 14.2 Å². The molecule has 32 heavy (non-hydrogen) atoms. The summed E-state index contributed by atoms with van der Waals surface area (Å²) in [5, 5.41) is 2.79. The van der Waals surface area contributed by atoms with Crippen molar-refractivity contribution in [2.75, 3.05) is 20.3 Å². The summed E-state index contributed by atoms with van der Waals surface area (Å²) >= 11 is 0. The Morgan fingerprint density at radius 1 is 0.875 bits per heavy atom. The average molecular weight is 450 g/mol. The molecule has 0 bridgehead atoms. The van der Waals surface area contributed by atoms with Crippen LogP contribution < -0.4 is 10.1 Å². The number of carbonyl (C=O) groups excluding carboxylic acids is 2. The van der Waals surface area contributed by atoms with Gasteiger partial charge in [0.25, 0.3) is 0 Å². The van der Waals surface area contributed by atoms with Gasteiger partial charge in [0.1, 0.15) is 11.3 Å². The summed E-state index contributed by atoms with van der Waals surface area (Å²) in [5.41, 5.74) is -0.0116. The molecule has 1 aromatic rings. The highest BCUT2D eigenvalue weighted by molar-refractivity contribution is 5.85. The number of benzene rings is 1. The lowest BCUT2D eigenvalue weighted by molar-refractivity contribution is -0.151. The fourth-order valence-electron chi connectivity index (χ4n) is 3.70. The van der Waals surface area contributed by atoms with Crippen LogP contribution in [0, 0.1) is 0 Å². The van der Waals surface area contributed by atoms with Crippen LogP contribution >= 0.6 is 0 Å². The highest BCUT2D eigenvalue weighted by Crippen LogP contribution is 2.25. The lowest BCUT2D eigenvalue weighted by Gasteiger charge is -2.32. The van der Waals surface area contributed by atoms with Crippen molar-refractivity contribution in [2.45, 2.75) is 96.9 Å². The molecule has 6 heteroatoms. The quantitative estimate of drug-likeness (QED) is 0.226. The summed E-state index contributed by atoms with van der Waals surface area (Å²) in [5.74, 6) is 0.459. The molecule has 0 heterocycles. The van der Waals surface area contributed by atoms with Crippen molar-refractivity contribution in [3.05, 3.63) is 29.8 Å². The third kappa shape index (κ3) is 10.4. The monoisotopic (exact) mass is 449 g/mol. The van der Waals surface area contributed by atoms with Gasteiger partial charge in [0, 0.05) is 0 Å². The van der Waals surface area contributed by atoms with Crippen LogP contribution in [0.4, 0.5) is 4.79 Å². The number of unbranched alkanes of at least 4 members (excludes halogenated alkanes) is 6. The highest BCUT2D eigenvalue weighted by Gasteiger charge is 2.41. The zero-order chi connectivity index (χ0) is 23.7. The smallest absolute Gasteiger partial charge is 0.407 e. The number of methoxy groups -OCH3 is 1. The maximum absolute atomic E-state index is 12.9. The molecule has 0 aromatic heterocycles. The molecule has 0 spiro atoms. The average Bonchev–Trinajstić information content (AvgIpc) is 2.80. The van der Waals surface area contributed by atoms with Crippen molar-refractivity contribution < 1.29 is 23.8 Å². The Labute approximate surface area is 194 Å². The SMILES string of the molecule is CCCCCCCOc1ccc(CCC(CCCCC)(NC(=O)OC)C(=O)OCC)cc1. The standard InChI is InChI=1S/C26H43NO5/c1-5-8-10-11-13-21-32-23-16-14-22(15-17-23)18-20-26(19-12-9-6-2,24(28)31-7-3)27-25(29)30-4/h14-17H,5-13,18-21H2,1-4H3,(H,27,29). The Kier molecular flexibility index (Phi) is 14.2. The van der Waals surface area contributed by atoms with Gasteiger partial charge in [-0.1, -0.05) is 70.9 Å². The van der Waals surface area contributed by atoms with Crippen molar-refractivity contribution >= 4 is 12.1 Å². The minimum Gasteiger partial charge on any atom is -0.494 e. The van der Waals surface area contributed by atoms with E-state index in [0.29, 0.717) is 19.3 Å². The van der Waals surface area contributed by atoms with Crippen LogP contribution in [0.2, 0.25) is 0 Å². The van der Waals surface area contributed by atoms with Gasteiger partial charge < -0.3 is 19.5 Å². The summed E-state index contributed by atoms with van der Waals surface area (Å²) in [4.78, 5) is 24.9. The second kappa shape index (κ2) is 16.4. The number of alkyl carbamates (subject to hydrolysis) is 1. The first-order chi connectivity index (χ1) is 15.5. The second-order valence-electron chi connectivity index (χ2n) is 8.28. The van der Waals surface area contributed by atoms with Crippen LogP contribution in [-0.2, 0) is 20.7 Å². The van der Waals surface area contributed by atoms with Crippen LogP contribution in [0.3, 0.4) is 0 Å². The van der Waals surface area contributed by atoms with Gasteiger partial charge in [-0.2, -0.15) is 0 Å². The normalized spacial score (nSPS) is 12.6. The minimum atomic E-state index is -1.09. The van der Waals surface area contributed by atoms with Gasteiger partial charge in [-0.15, -0.1) is 0 Å². The summed E-state index contributed by atoms with van der Waals surface area (Å²) in [6.07, 6.45) is 9.88. The number of aryl methyl sites for hydroxylation is 1. The molecular formula is C26H43NO5. The number of amides is 1. The second-order valence-corrected chi connectivity index (χ2v) is 8.28. The lowest BCUT2D eigenvalue weighted by Crippen LogP contribution is -2.55. The number of carbonyl (C=O) groups is 2. The molecule has 1 atom stereocenters. The maximum atomic E-state index is 12.9. The van der Waals surface area contributed by atoms with E-state index in [1.807, 2.05) is 24.3 Å². The first-order valence-electron chi connectivity index (χ1n) is 12.3. The number of nitrogens with one attached hydrogen (secondary N) is 1. The van der Waals surface area contributed by atoms with E-state index in [1.54, 1.807) is 6.92 Å². The topological polar surface area (TPSA) is 73.9 Å². The maximum Gasteiger partial charge on any atom is 0.407 e. The molecule has 0 aliphatic heterocycles. The molecule has 0 radical (unpaired) electrons. The van der Waals surface area contributed by atoms with Crippen molar-refractivity contribution in [1.82, 2.24) is 5.32 Å². The highest BCUT2D eigenvalue weighted by atomic mass is 16.5. The Morgan fingerprint density at radius 3 is 2.16 bits per heavy atom. The van der Waals surface area contributed by atoms with Gasteiger partial charge in [0.2, 0.25) is 0 Å². The van der Waals surface area contributed by atoms with Gasteiger partial charge in [0.15, 0.2) is 0 Å². The molecule has 0 fully saturated rings. The van der Waals surface area contributed by atoms with E-state index in [1.165, 1.54) is 32.8 Å². The Bertz CT molecular complexity index is 646. The van der Waals surface area contributed by atoms with E-state index in [0.717, 1.165) is 43.6 Å². The van der Waals surface area contributed by atoms with Crippen LogP contribution in [0.1, 0.15) is 90.5 Å². The van der Waals surface area contributed by atoms with Gasteiger partial charge in [-0.25, -0.2) is 9.59 Å². The molecule has 1 N–H and O–H groups in total. The van der Waals surface area contributed by atoms with Gasteiger partial charge >= 0.3 is 12.1 Å². The zero-order valence-electron chi connectivity index (χ0n) is 20.5. The van der Waals surface area contributed by atoms with E-state index in [9.17, 15) is 9.59 Å². The Morgan fingerprint density at radius 2 is 1.53 bits per heavy atom. The molecule has 0 aliphatic rings. The van der Waals surface area contributed by atoms with Crippen molar-refractivity contribution in [1.29, 1.82) is 0 Å². The third-order valence-corrected chi connectivity index (χ3v) is 5.68. The zero-order valence-corrected chi connectivity index (χ0v) is 20.5. The van der Waals surface area contributed by atoms with E-state index >= 15 is 0 Å². The Hall–Kier alpha value is -2.24. The number of ether oxygens (including phenoxy) is 3. The molecule has 6 nitrogen and oxygen atoms in total. The molecule has 1 unspecified atom stereocenters. The predicted octanol–water partition coefficient (Wildman–Crippen LogP) is 6.21. The van der Waals surface area contributed by atoms with Gasteiger partial charge in [0.05, 0.1) is 20.3 Å². The predicted molar refractivity (Wildman–Crippen MR) is 128 cm³/mol. The molecular weight excluding hydrogens is 406 g/mol. The van der Waals surface area contributed by atoms with Crippen LogP contribution in [0.25, 0.3) is 0 Å².